The van der Waals surface area contributed by atoms with Gasteiger partial charge in [0.15, 0.2) is 5.78 Å². The molecule has 4 aliphatic rings. The van der Waals surface area contributed by atoms with Crippen molar-refractivity contribution >= 4 is 27.5 Å². The molecule has 140 valence electrons. The molecule has 7 unspecified atom stereocenters. The Labute approximate surface area is 159 Å². The van der Waals surface area contributed by atoms with Gasteiger partial charge in [-0.15, -0.1) is 0 Å². The van der Waals surface area contributed by atoms with Crippen molar-refractivity contribution in [2.45, 2.75) is 77.2 Å². The van der Waals surface area contributed by atoms with Crippen LogP contribution >= 0.6 is 15.9 Å². The molecule has 0 saturated heterocycles. The van der Waals surface area contributed by atoms with E-state index >= 15 is 0 Å². The van der Waals surface area contributed by atoms with Gasteiger partial charge in [0, 0.05) is 18.3 Å². The van der Waals surface area contributed by atoms with Gasteiger partial charge in [-0.25, -0.2) is 0 Å². The first kappa shape index (κ1) is 18.2. The Morgan fingerprint density at radius 1 is 1.12 bits per heavy atom. The molecule has 4 fully saturated rings. The number of carbonyl (C=O) groups excluding carboxylic acids is 2. The highest BCUT2D eigenvalue weighted by molar-refractivity contribution is 9.09. The van der Waals surface area contributed by atoms with Crippen molar-refractivity contribution in [1.29, 1.82) is 0 Å². The molecule has 0 amide bonds. The highest BCUT2D eigenvalue weighted by Crippen LogP contribution is 2.68. The molecular weight excluding hydrogens is 380 g/mol. The molecule has 0 aromatic rings. The Morgan fingerprint density at radius 2 is 1.84 bits per heavy atom. The molecule has 4 saturated carbocycles. The molecule has 0 aliphatic heterocycles. The van der Waals surface area contributed by atoms with E-state index in [0.29, 0.717) is 35.9 Å². The maximum Gasteiger partial charge on any atom is 0.175 e. The molecule has 0 aromatic heterocycles. The lowest BCUT2D eigenvalue weighted by Crippen LogP contribution is -2.58. The minimum absolute atomic E-state index is 0.0286. The van der Waals surface area contributed by atoms with E-state index in [1.54, 1.807) is 0 Å². The van der Waals surface area contributed by atoms with E-state index in [1.165, 1.54) is 6.42 Å². The van der Waals surface area contributed by atoms with Gasteiger partial charge in [0.25, 0.3) is 0 Å². The Balaban J connectivity index is 1.64. The minimum atomic E-state index is -1.15. The SMILES string of the molecule is CC12CCC(=O)CC1CCC1C2CCC2(C)C1CCC2(O)C(=O)CBr. The van der Waals surface area contributed by atoms with E-state index in [1.807, 2.05) is 0 Å². The summed E-state index contributed by atoms with van der Waals surface area (Å²) in [5, 5.41) is 11.6. The van der Waals surface area contributed by atoms with E-state index in [4.69, 9.17) is 0 Å². The summed E-state index contributed by atoms with van der Waals surface area (Å²) in [5.74, 6) is 2.72. The van der Waals surface area contributed by atoms with Crippen LogP contribution in [0.4, 0.5) is 0 Å². The molecule has 3 nitrogen and oxygen atoms in total. The second-order valence-corrected chi connectivity index (χ2v) is 10.4. The molecule has 0 spiro atoms. The van der Waals surface area contributed by atoms with E-state index in [9.17, 15) is 14.7 Å². The second-order valence-electron chi connectivity index (χ2n) is 9.81. The van der Waals surface area contributed by atoms with E-state index in [-0.39, 0.29) is 21.9 Å². The summed E-state index contributed by atoms with van der Waals surface area (Å²) in [6.07, 6.45) is 8.58. The fraction of sp³-hybridized carbons (Fsp3) is 0.905. The molecule has 4 heteroatoms. The fourth-order valence-corrected chi connectivity index (χ4v) is 8.09. The zero-order chi connectivity index (χ0) is 18.0. The second kappa shape index (κ2) is 5.89. The maximum absolute atomic E-state index is 12.5. The summed E-state index contributed by atoms with van der Waals surface area (Å²) in [6.45, 7) is 4.62. The third-order valence-electron chi connectivity index (χ3n) is 9.22. The van der Waals surface area contributed by atoms with Gasteiger partial charge in [0.2, 0.25) is 0 Å². The summed E-state index contributed by atoms with van der Waals surface area (Å²) in [6, 6.07) is 0. The number of alkyl halides is 1. The van der Waals surface area contributed by atoms with Gasteiger partial charge in [0.1, 0.15) is 11.4 Å². The van der Waals surface area contributed by atoms with Gasteiger partial charge in [0.05, 0.1) is 5.33 Å². The van der Waals surface area contributed by atoms with Crippen molar-refractivity contribution in [2.24, 2.45) is 34.5 Å². The van der Waals surface area contributed by atoms with Gasteiger partial charge in [-0.1, -0.05) is 29.8 Å². The predicted molar refractivity (Wildman–Crippen MR) is 100 cm³/mol. The smallest absolute Gasteiger partial charge is 0.175 e. The average Bonchev–Trinajstić information content (AvgIpc) is 2.87. The topological polar surface area (TPSA) is 54.4 Å². The number of rotatable bonds is 2. The molecular formula is C21H31BrO3. The number of aliphatic hydroxyl groups is 1. The zero-order valence-corrected chi connectivity index (χ0v) is 17.1. The van der Waals surface area contributed by atoms with Gasteiger partial charge < -0.3 is 5.11 Å². The molecule has 4 aliphatic carbocycles. The number of hydrogen-bond acceptors (Lipinski definition) is 3. The normalized spacial score (nSPS) is 52.2. The van der Waals surface area contributed by atoms with E-state index < -0.39 is 5.60 Å². The quantitative estimate of drug-likeness (QED) is 0.690. The summed E-state index contributed by atoms with van der Waals surface area (Å²) >= 11 is 3.29. The third-order valence-corrected chi connectivity index (χ3v) is 9.73. The molecule has 4 rings (SSSR count). The maximum atomic E-state index is 12.5. The molecule has 7 atom stereocenters. The van der Waals surface area contributed by atoms with Gasteiger partial charge in [-0.3, -0.25) is 9.59 Å². The first-order valence-electron chi connectivity index (χ1n) is 10.1. The Hall–Kier alpha value is -0.220. The number of halogens is 1. The standard InChI is InChI=1S/C21H31BrO3/c1-19-8-5-14(23)11-13(19)3-4-15-16(19)6-9-20(2)17(15)7-10-21(20,25)18(24)12-22/h13,15-17,25H,3-12H2,1-2H3. The summed E-state index contributed by atoms with van der Waals surface area (Å²) in [4.78, 5) is 24.5. The molecule has 25 heavy (non-hydrogen) atoms. The Morgan fingerprint density at radius 3 is 2.56 bits per heavy atom. The van der Waals surface area contributed by atoms with Crippen LogP contribution in [0, 0.1) is 34.5 Å². The van der Waals surface area contributed by atoms with Gasteiger partial charge >= 0.3 is 0 Å². The summed E-state index contributed by atoms with van der Waals surface area (Å²) in [7, 11) is 0. The van der Waals surface area contributed by atoms with Crippen LogP contribution in [0.3, 0.4) is 0 Å². The van der Waals surface area contributed by atoms with Crippen molar-refractivity contribution in [3.63, 3.8) is 0 Å². The van der Waals surface area contributed by atoms with Crippen molar-refractivity contribution in [3.05, 3.63) is 0 Å². The highest BCUT2D eigenvalue weighted by Gasteiger charge is 2.66. The monoisotopic (exact) mass is 410 g/mol. The largest absolute Gasteiger partial charge is 0.381 e. The van der Waals surface area contributed by atoms with E-state index in [0.717, 1.165) is 44.9 Å². The first-order chi connectivity index (χ1) is 11.8. The van der Waals surface area contributed by atoms with Crippen LogP contribution in [-0.4, -0.2) is 27.6 Å². The van der Waals surface area contributed by atoms with Crippen LogP contribution in [0.1, 0.15) is 71.6 Å². The zero-order valence-electron chi connectivity index (χ0n) is 15.5. The Kier molecular flexibility index (Phi) is 4.28. The lowest BCUT2D eigenvalue weighted by atomic mass is 9.44. The summed E-state index contributed by atoms with van der Waals surface area (Å²) < 4.78 is 0. The number of ketones is 2. The highest BCUT2D eigenvalue weighted by atomic mass is 79.9. The Bertz CT molecular complexity index is 604. The number of carbonyl (C=O) groups is 2. The van der Waals surface area contributed by atoms with Crippen LogP contribution in [0.25, 0.3) is 0 Å². The number of hydrogen-bond donors (Lipinski definition) is 1. The number of fused-ring (bicyclic) bond motifs is 5. The van der Waals surface area contributed by atoms with Crippen LogP contribution < -0.4 is 0 Å². The average molecular weight is 411 g/mol. The van der Waals surface area contributed by atoms with Crippen molar-refractivity contribution < 1.29 is 14.7 Å². The third kappa shape index (κ3) is 2.32. The van der Waals surface area contributed by atoms with Gasteiger partial charge in [-0.2, -0.15) is 0 Å². The van der Waals surface area contributed by atoms with Crippen LogP contribution in [0.2, 0.25) is 0 Å². The van der Waals surface area contributed by atoms with Crippen molar-refractivity contribution in [3.8, 4) is 0 Å². The van der Waals surface area contributed by atoms with Crippen LogP contribution in [-0.2, 0) is 9.59 Å². The van der Waals surface area contributed by atoms with Crippen LogP contribution in [0.15, 0.2) is 0 Å². The van der Waals surface area contributed by atoms with E-state index in [2.05, 4.69) is 29.8 Å². The fourth-order valence-electron chi connectivity index (χ4n) is 7.63. The molecule has 1 N–H and O–H groups in total. The lowest BCUT2D eigenvalue weighted by molar-refractivity contribution is -0.168. The molecule has 0 heterocycles. The molecule has 0 radical (unpaired) electrons. The summed E-state index contributed by atoms with van der Waals surface area (Å²) in [5.41, 5.74) is -1.13. The first-order valence-corrected chi connectivity index (χ1v) is 11.2. The minimum Gasteiger partial charge on any atom is -0.381 e. The predicted octanol–water partition coefficient (Wildman–Crippen LogP) is 4.29. The van der Waals surface area contributed by atoms with Crippen LogP contribution in [0.5, 0.6) is 0 Å². The van der Waals surface area contributed by atoms with Gasteiger partial charge in [-0.05, 0) is 74.0 Å². The molecule has 0 aromatic carbocycles. The molecule has 0 bridgehead atoms. The lowest BCUT2D eigenvalue weighted by Gasteiger charge is -2.60. The van der Waals surface area contributed by atoms with Crippen molar-refractivity contribution in [1.82, 2.24) is 0 Å². The van der Waals surface area contributed by atoms with Crippen molar-refractivity contribution in [2.75, 3.05) is 5.33 Å². The number of Topliss-reactive ketones (excluding diaryl/α,β-unsaturated/α-hetero) is 2.